The first kappa shape index (κ1) is 14.6. The first-order valence-corrected chi connectivity index (χ1v) is 6.03. The molecule has 4 nitrogen and oxygen atoms in total. The molecular formula is C15H11F2NO3. The van der Waals surface area contributed by atoms with Gasteiger partial charge in [-0.25, -0.2) is 8.78 Å². The van der Waals surface area contributed by atoms with E-state index in [1.807, 2.05) is 0 Å². The zero-order valence-electron chi connectivity index (χ0n) is 10.8. The number of aliphatic carboxylic acids is 1. The maximum Gasteiger partial charge on any atom is 0.323 e. The Morgan fingerprint density at radius 3 is 2.24 bits per heavy atom. The molecule has 0 aliphatic heterocycles. The molecule has 2 rings (SSSR count). The second-order valence-electron chi connectivity index (χ2n) is 4.25. The zero-order chi connectivity index (χ0) is 15.4. The number of halogens is 2. The molecule has 21 heavy (non-hydrogen) atoms. The quantitative estimate of drug-likeness (QED) is 0.942. The monoisotopic (exact) mass is 291 g/mol. The largest absolute Gasteiger partial charge is 0.480 e. The van der Waals surface area contributed by atoms with E-state index in [1.54, 1.807) is 30.3 Å². The molecule has 0 heterocycles. The van der Waals surface area contributed by atoms with Crippen LogP contribution in [0, 0.1) is 11.6 Å². The van der Waals surface area contributed by atoms with Crippen molar-refractivity contribution < 1.29 is 23.5 Å². The lowest BCUT2D eigenvalue weighted by Crippen LogP contribution is -2.35. The third kappa shape index (κ3) is 3.42. The van der Waals surface area contributed by atoms with Crippen LogP contribution >= 0.6 is 0 Å². The van der Waals surface area contributed by atoms with Crippen molar-refractivity contribution in [3.63, 3.8) is 0 Å². The van der Waals surface area contributed by atoms with Crippen molar-refractivity contribution in [3.05, 3.63) is 65.7 Å². The molecule has 1 N–H and O–H groups in total. The molecule has 0 aliphatic rings. The third-order valence-electron chi connectivity index (χ3n) is 2.77. The highest BCUT2D eigenvalue weighted by atomic mass is 19.2. The molecule has 0 bridgehead atoms. The Labute approximate surface area is 119 Å². The summed E-state index contributed by atoms with van der Waals surface area (Å²) in [6.07, 6.45) is 0. The Bertz CT molecular complexity index is 674. The molecular weight excluding hydrogens is 280 g/mol. The van der Waals surface area contributed by atoms with Crippen LogP contribution in [0.2, 0.25) is 0 Å². The Balaban J connectivity index is 2.38. The summed E-state index contributed by atoms with van der Waals surface area (Å²) in [4.78, 5) is 24.2. The van der Waals surface area contributed by atoms with E-state index in [1.165, 1.54) is 0 Å². The van der Waals surface area contributed by atoms with E-state index in [2.05, 4.69) is 0 Å². The van der Waals surface area contributed by atoms with Gasteiger partial charge in [-0.2, -0.15) is 0 Å². The minimum absolute atomic E-state index is 0.126. The van der Waals surface area contributed by atoms with E-state index < -0.39 is 30.1 Å². The standard InChI is InChI=1S/C15H11F2NO3/c16-12-7-6-10(8-13(12)17)15(21)18(9-14(19)20)11-4-2-1-3-5-11/h1-8H,9H2,(H,19,20). The van der Waals surface area contributed by atoms with Gasteiger partial charge in [-0.3, -0.25) is 14.5 Å². The normalized spacial score (nSPS) is 10.2. The van der Waals surface area contributed by atoms with Gasteiger partial charge >= 0.3 is 5.97 Å². The maximum atomic E-state index is 13.2. The maximum absolute atomic E-state index is 13.2. The summed E-state index contributed by atoms with van der Waals surface area (Å²) in [5, 5.41) is 8.91. The van der Waals surface area contributed by atoms with Crippen LogP contribution in [0.1, 0.15) is 10.4 Å². The highest BCUT2D eigenvalue weighted by Gasteiger charge is 2.21. The number of amides is 1. The molecule has 6 heteroatoms. The van der Waals surface area contributed by atoms with Crippen molar-refractivity contribution >= 4 is 17.6 Å². The lowest BCUT2D eigenvalue weighted by Gasteiger charge is -2.21. The number of carboxylic acids is 1. The number of nitrogens with zero attached hydrogens (tertiary/aromatic N) is 1. The van der Waals surface area contributed by atoms with E-state index in [-0.39, 0.29) is 5.56 Å². The number of rotatable bonds is 4. The Morgan fingerprint density at radius 1 is 1.00 bits per heavy atom. The lowest BCUT2D eigenvalue weighted by atomic mass is 10.1. The Morgan fingerprint density at radius 2 is 1.67 bits per heavy atom. The number of benzene rings is 2. The summed E-state index contributed by atoms with van der Waals surface area (Å²) in [5.41, 5.74) is 0.230. The number of anilines is 1. The first-order valence-electron chi connectivity index (χ1n) is 6.03. The average Bonchev–Trinajstić information content (AvgIpc) is 2.47. The molecule has 0 aromatic heterocycles. The number of carbonyl (C=O) groups is 2. The molecule has 1 amide bonds. The van der Waals surface area contributed by atoms with Gasteiger partial charge in [0, 0.05) is 11.3 Å². The van der Waals surface area contributed by atoms with Gasteiger partial charge in [-0.05, 0) is 30.3 Å². The molecule has 108 valence electrons. The molecule has 2 aromatic carbocycles. The van der Waals surface area contributed by atoms with E-state index in [0.29, 0.717) is 5.69 Å². The van der Waals surface area contributed by atoms with E-state index in [0.717, 1.165) is 23.1 Å². The second-order valence-corrected chi connectivity index (χ2v) is 4.25. The SMILES string of the molecule is O=C(O)CN(C(=O)c1ccc(F)c(F)c1)c1ccccc1. The molecule has 0 unspecified atom stereocenters. The van der Waals surface area contributed by atoms with Crippen LogP contribution in [0.25, 0.3) is 0 Å². The van der Waals surface area contributed by atoms with Crippen LogP contribution < -0.4 is 4.90 Å². The van der Waals surface area contributed by atoms with Gasteiger partial charge in [0.2, 0.25) is 0 Å². The summed E-state index contributed by atoms with van der Waals surface area (Å²) in [5.74, 6) is -4.17. The third-order valence-corrected chi connectivity index (χ3v) is 2.77. The molecule has 2 aromatic rings. The van der Waals surface area contributed by atoms with Crippen molar-refractivity contribution in [1.82, 2.24) is 0 Å². The van der Waals surface area contributed by atoms with Gasteiger partial charge in [-0.15, -0.1) is 0 Å². The van der Waals surface area contributed by atoms with Crippen LogP contribution in [0.4, 0.5) is 14.5 Å². The van der Waals surface area contributed by atoms with Crippen LogP contribution in [-0.4, -0.2) is 23.5 Å². The van der Waals surface area contributed by atoms with Gasteiger partial charge in [0.15, 0.2) is 11.6 Å². The second kappa shape index (κ2) is 6.13. The van der Waals surface area contributed by atoms with Gasteiger partial charge in [0.25, 0.3) is 5.91 Å². The lowest BCUT2D eigenvalue weighted by molar-refractivity contribution is -0.135. The van der Waals surface area contributed by atoms with Crippen LogP contribution in [-0.2, 0) is 4.79 Å². The summed E-state index contributed by atoms with van der Waals surface area (Å²) in [6, 6.07) is 10.8. The van der Waals surface area contributed by atoms with Gasteiger partial charge in [0.1, 0.15) is 6.54 Å². The van der Waals surface area contributed by atoms with Crippen molar-refractivity contribution in [3.8, 4) is 0 Å². The van der Waals surface area contributed by atoms with Crippen molar-refractivity contribution in [2.24, 2.45) is 0 Å². The number of hydrogen-bond donors (Lipinski definition) is 1. The molecule has 0 spiro atoms. The van der Waals surface area contributed by atoms with E-state index in [4.69, 9.17) is 5.11 Å². The molecule has 0 fully saturated rings. The van der Waals surface area contributed by atoms with Crippen LogP contribution in [0.5, 0.6) is 0 Å². The highest BCUT2D eigenvalue weighted by Crippen LogP contribution is 2.18. The van der Waals surface area contributed by atoms with Gasteiger partial charge < -0.3 is 5.11 Å². The fraction of sp³-hybridized carbons (Fsp3) is 0.0667. The minimum atomic E-state index is -1.21. The fourth-order valence-electron chi connectivity index (χ4n) is 1.81. The Kier molecular flexibility index (Phi) is 4.27. The summed E-state index contributed by atoms with van der Waals surface area (Å²) >= 11 is 0. The highest BCUT2D eigenvalue weighted by molar-refractivity contribution is 6.08. The van der Waals surface area contributed by atoms with Crippen molar-refractivity contribution in [2.45, 2.75) is 0 Å². The Hall–Kier alpha value is -2.76. The van der Waals surface area contributed by atoms with Gasteiger partial charge in [0.05, 0.1) is 0 Å². The molecule has 0 saturated heterocycles. The topological polar surface area (TPSA) is 57.6 Å². The van der Waals surface area contributed by atoms with E-state index in [9.17, 15) is 18.4 Å². The van der Waals surface area contributed by atoms with Gasteiger partial charge in [-0.1, -0.05) is 18.2 Å². The van der Waals surface area contributed by atoms with Crippen LogP contribution in [0.3, 0.4) is 0 Å². The first-order chi connectivity index (χ1) is 9.99. The summed E-state index contributed by atoms with van der Waals surface area (Å²) in [6.45, 7) is -0.582. The van der Waals surface area contributed by atoms with E-state index >= 15 is 0 Å². The van der Waals surface area contributed by atoms with Crippen molar-refractivity contribution in [1.29, 1.82) is 0 Å². The molecule has 0 aliphatic carbocycles. The predicted octanol–water partition coefficient (Wildman–Crippen LogP) is 2.70. The van der Waals surface area contributed by atoms with Crippen LogP contribution in [0.15, 0.2) is 48.5 Å². The molecule has 0 radical (unpaired) electrons. The predicted molar refractivity (Wildman–Crippen MR) is 72.1 cm³/mol. The number of carbonyl (C=O) groups excluding carboxylic acids is 1. The number of para-hydroxylation sites is 1. The number of carboxylic acid groups (broad SMARTS) is 1. The minimum Gasteiger partial charge on any atom is -0.480 e. The summed E-state index contributed by atoms with van der Waals surface area (Å²) < 4.78 is 26.1. The average molecular weight is 291 g/mol. The smallest absolute Gasteiger partial charge is 0.323 e. The summed E-state index contributed by atoms with van der Waals surface area (Å²) in [7, 11) is 0. The van der Waals surface area contributed by atoms with Crippen molar-refractivity contribution in [2.75, 3.05) is 11.4 Å². The molecule has 0 saturated carbocycles. The number of hydrogen-bond acceptors (Lipinski definition) is 2. The fourth-order valence-corrected chi connectivity index (χ4v) is 1.81. The molecule has 0 atom stereocenters. The zero-order valence-corrected chi connectivity index (χ0v) is 10.8.